The van der Waals surface area contributed by atoms with Crippen molar-refractivity contribution in [1.29, 1.82) is 0 Å². The fourth-order valence-corrected chi connectivity index (χ4v) is 3.16. The zero-order valence-electron chi connectivity index (χ0n) is 13.9. The van der Waals surface area contributed by atoms with Gasteiger partial charge in [-0.3, -0.25) is 9.59 Å². The molecule has 2 aromatic rings. The van der Waals surface area contributed by atoms with Gasteiger partial charge in [-0.15, -0.1) is 0 Å². The highest BCUT2D eigenvalue weighted by atomic mass is 35.5. The predicted molar refractivity (Wildman–Crippen MR) is 97.3 cm³/mol. The maximum Gasteiger partial charge on any atom is 0.264 e. The number of fused-ring (bicyclic) bond motifs is 1. The standard InChI is InChI=1S/C19H19ClN2O3/c1-12-10-13(7-8-16(12)20)25-11-18(23)22-9-3-5-14-15(19(21)24)4-2-6-17(14)22/h2,4,6-8,10H,3,5,9,11H2,1H3,(H2,21,24). The molecule has 0 spiro atoms. The largest absolute Gasteiger partial charge is 0.484 e. The Morgan fingerprint density at radius 3 is 2.80 bits per heavy atom. The molecule has 2 aromatic carbocycles. The molecule has 0 bridgehead atoms. The summed E-state index contributed by atoms with van der Waals surface area (Å²) in [4.78, 5) is 25.9. The second-order valence-corrected chi connectivity index (χ2v) is 6.42. The average Bonchev–Trinajstić information content (AvgIpc) is 2.61. The van der Waals surface area contributed by atoms with E-state index in [1.54, 1.807) is 35.2 Å². The molecule has 2 amide bonds. The maximum absolute atomic E-state index is 12.6. The summed E-state index contributed by atoms with van der Waals surface area (Å²) in [5, 5.41) is 0.655. The maximum atomic E-state index is 12.6. The van der Waals surface area contributed by atoms with Crippen molar-refractivity contribution in [3.63, 3.8) is 0 Å². The van der Waals surface area contributed by atoms with Crippen molar-refractivity contribution in [3.05, 3.63) is 58.1 Å². The van der Waals surface area contributed by atoms with Crippen molar-refractivity contribution in [2.75, 3.05) is 18.1 Å². The number of hydrogen-bond donors (Lipinski definition) is 1. The zero-order valence-corrected chi connectivity index (χ0v) is 14.7. The molecule has 0 saturated carbocycles. The number of amides is 2. The number of hydrogen-bond acceptors (Lipinski definition) is 3. The first-order chi connectivity index (χ1) is 12.0. The van der Waals surface area contributed by atoms with E-state index >= 15 is 0 Å². The molecule has 0 aromatic heterocycles. The first kappa shape index (κ1) is 17.3. The van der Waals surface area contributed by atoms with Crippen LogP contribution < -0.4 is 15.4 Å². The molecule has 1 heterocycles. The molecule has 0 atom stereocenters. The number of nitrogens with zero attached hydrogens (tertiary/aromatic N) is 1. The van der Waals surface area contributed by atoms with Gasteiger partial charge in [-0.25, -0.2) is 0 Å². The lowest BCUT2D eigenvalue weighted by atomic mass is 9.96. The van der Waals surface area contributed by atoms with Crippen molar-refractivity contribution in [2.24, 2.45) is 5.73 Å². The lowest BCUT2D eigenvalue weighted by Gasteiger charge is -2.30. The summed E-state index contributed by atoms with van der Waals surface area (Å²) in [6.07, 6.45) is 1.51. The Balaban J connectivity index is 1.77. The lowest BCUT2D eigenvalue weighted by Crippen LogP contribution is -2.39. The summed E-state index contributed by atoms with van der Waals surface area (Å²) < 4.78 is 5.61. The summed E-state index contributed by atoms with van der Waals surface area (Å²) in [6, 6.07) is 10.6. The first-order valence-electron chi connectivity index (χ1n) is 8.08. The Labute approximate surface area is 151 Å². The molecular weight excluding hydrogens is 340 g/mol. The monoisotopic (exact) mass is 358 g/mol. The van der Waals surface area contributed by atoms with Gasteiger partial charge >= 0.3 is 0 Å². The van der Waals surface area contributed by atoms with Crippen LogP contribution in [0, 0.1) is 6.92 Å². The highest BCUT2D eigenvalue weighted by Gasteiger charge is 2.25. The Morgan fingerprint density at radius 2 is 2.08 bits per heavy atom. The van der Waals surface area contributed by atoms with E-state index in [4.69, 9.17) is 22.1 Å². The highest BCUT2D eigenvalue weighted by molar-refractivity contribution is 6.31. The van der Waals surface area contributed by atoms with Gasteiger partial charge < -0.3 is 15.4 Å². The van der Waals surface area contributed by atoms with Gasteiger partial charge in [-0.05, 0) is 61.2 Å². The van der Waals surface area contributed by atoms with E-state index in [1.807, 2.05) is 13.0 Å². The average molecular weight is 359 g/mol. The van der Waals surface area contributed by atoms with Crippen LogP contribution in [-0.2, 0) is 11.2 Å². The van der Waals surface area contributed by atoms with Crippen molar-refractivity contribution in [3.8, 4) is 5.75 Å². The van der Waals surface area contributed by atoms with Crippen LogP contribution in [0.15, 0.2) is 36.4 Å². The number of carbonyl (C=O) groups is 2. The smallest absolute Gasteiger partial charge is 0.264 e. The summed E-state index contributed by atoms with van der Waals surface area (Å²) in [6.45, 7) is 2.39. The fraction of sp³-hybridized carbons (Fsp3) is 0.263. The number of nitrogens with two attached hydrogens (primary N) is 1. The second-order valence-electron chi connectivity index (χ2n) is 6.02. The van der Waals surface area contributed by atoms with Crippen LogP contribution in [0.3, 0.4) is 0 Å². The van der Waals surface area contributed by atoms with E-state index in [-0.39, 0.29) is 12.5 Å². The Morgan fingerprint density at radius 1 is 1.28 bits per heavy atom. The number of anilines is 1. The Bertz CT molecular complexity index is 835. The van der Waals surface area contributed by atoms with Gasteiger partial charge in [-0.2, -0.15) is 0 Å². The number of primary amides is 1. The van der Waals surface area contributed by atoms with E-state index in [1.165, 1.54) is 0 Å². The normalized spacial score (nSPS) is 13.3. The van der Waals surface area contributed by atoms with E-state index < -0.39 is 5.91 Å². The third-order valence-electron chi connectivity index (χ3n) is 4.31. The minimum atomic E-state index is -0.473. The van der Waals surface area contributed by atoms with Gasteiger partial charge in [0.05, 0.1) is 0 Å². The van der Waals surface area contributed by atoms with Crippen molar-refractivity contribution in [1.82, 2.24) is 0 Å². The van der Waals surface area contributed by atoms with Crippen molar-refractivity contribution < 1.29 is 14.3 Å². The molecule has 6 heteroatoms. The number of benzene rings is 2. The fourth-order valence-electron chi connectivity index (χ4n) is 3.04. The quantitative estimate of drug-likeness (QED) is 0.912. The summed E-state index contributed by atoms with van der Waals surface area (Å²) in [5.41, 5.74) is 8.38. The molecular formula is C19H19ClN2O3. The first-order valence-corrected chi connectivity index (χ1v) is 8.46. The highest BCUT2D eigenvalue weighted by Crippen LogP contribution is 2.30. The number of ether oxygens (including phenoxy) is 1. The summed E-state index contributed by atoms with van der Waals surface area (Å²) in [7, 11) is 0. The zero-order chi connectivity index (χ0) is 18.0. The van der Waals surface area contributed by atoms with Crippen LogP contribution in [0.25, 0.3) is 0 Å². The number of carbonyl (C=O) groups excluding carboxylic acids is 2. The Kier molecular flexibility index (Phi) is 4.95. The second kappa shape index (κ2) is 7.15. The minimum Gasteiger partial charge on any atom is -0.484 e. The van der Waals surface area contributed by atoms with Gasteiger partial charge in [0.2, 0.25) is 5.91 Å². The minimum absolute atomic E-state index is 0.0820. The van der Waals surface area contributed by atoms with Crippen LogP contribution in [0.4, 0.5) is 5.69 Å². The molecule has 0 aliphatic carbocycles. The van der Waals surface area contributed by atoms with Crippen LogP contribution in [-0.4, -0.2) is 25.0 Å². The molecule has 0 saturated heterocycles. The van der Waals surface area contributed by atoms with E-state index in [0.29, 0.717) is 22.9 Å². The van der Waals surface area contributed by atoms with E-state index in [9.17, 15) is 9.59 Å². The molecule has 1 aliphatic rings. The molecule has 0 radical (unpaired) electrons. The van der Waals surface area contributed by atoms with E-state index in [2.05, 4.69) is 0 Å². The number of rotatable bonds is 4. The molecule has 3 rings (SSSR count). The molecule has 2 N–H and O–H groups in total. The van der Waals surface area contributed by atoms with Crippen LogP contribution in [0.1, 0.15) is 27.9 Å². The Hall–Kier alpha value is -2.53. The molecule has 5 nitrogen and oxygen atoms in total. The third-order valence-corrected chi connectivity index (χ3v) is 4.73. The van der Waals surface area contributed by atoms with Crippen molar-refractivity contribution >= 4 is 29.1 Å². The van der Waals surface area contributed by atoms with Gasteiger partial charge in [-0.1, -0.05) is 17.7 Å². The predicted octanol–water partition coefficient (Wildman–Crippen LogP) is 3.11. The van der Waals surface area contributed by atoms with Crippen LogP contribution >= 0.6 is 11.6 Å². The van der Waals surface area contributed by atoms with Gasteiger partial charge in [0.25, 0.3) is 5.91 Å². The third kappa shape index (κ3) is 3.61. The molecule has 0 unspecified atom stereocenters. The number of halogens is 1. The van der Waals surface area contributed by atoms with Crippen LogP contribution in [0.2, 0.25) is 5.02 Å². The summed E-state index contributed by atoms with van der Waals surface area (Å²) >= 11 is 5.99. The van der Waals surface area contributed by atoms with E-state index in [0.717, 1.165) is 29.7 Å². The van der Waals surface area contributed by atoms with Gasteiger partial charge in [0.15, 0.2) is 6.61 Å². The van der Waals surface area contributed by atoms with Crippen molar-refractivity contribution in [2.45, 2.75) is 19.8 Å². The molecule has 130 valence electrons. The number of aryl methyl sites for hydroxylation is 1. The SMILES string of the molecule is Cc1cc(OCC(=O)N2CCCc3c(C(N)=O)cccc32)ccc1Cl. The molecule has 1 aliphatic heterocycles. The van der Waals surface area contributed by atoms with Crippen LogP contribution in [0.5, 0.6) is 5.75 Å². The van der Waals surface area contributed by atoms with Gasteiger partial charge in [0.1, 0.15) is 5.75 Å². The lowest BCUT2D eigenvalue weighted by molar-refractivity contribution is -0.120. The van der Waals surface area contributed by atoms with Gasteiger partial charge in [0, 0.05) is 22.8 Å². The topological polar surface area (TPSA) is 72.6 Å². The molecule has 0 fully saturated rings. The molecule has 25 heavy (non-hydrogen) atoms. The summed E-state index contributed by atoms with van der Waals surface area (Å²) in [5.74, 6) is -0.0346.